The molecule has 1 aromatic rings. The van der Waals surface area contributed by atoms with Crippen molar-refractivity contribution in [3.8, 4) is 0 Å². The molecule has 1 atom stereocenters. The predicted molar refractivity (Wildman–Crippen MR) is 79.6 cm³/mol. The van der Waals surface area contributed by atoms with Crippen LogP contribution in [0.2, 0.25) is 0 Å². The number of hydrogen-bond acceptors (Lipinski definition) is 2. The summed E-state index contributed by atoms with van der Waals surface area (Å²) in [5.41, 5.74) is 1.41. The largest absolute Gasteiger partial charge is 0.310 e. The normalized spacial score (nSPS) is 12.9. The van der Waals surface area contributed by atoms with E-state index < -0.39 is 0 Å². The molecule has 0 bridgehead atoms. The molecular weight excluding hydrogens is 226 g/mol. The highest BCUT2D eigenvalue weighted by molar-refractivity contribution is 7.98. The fourth-order valence-corrected chi connectivity index (χ4v) is 2.52. The van der Waals surface area contributed by atoms with Crippen molar-refractivity contribution in [3.05, 3.63) is 35.9 Å². The summed E-state index contributed by atoms with van der Waals surface area (Å²) in [5, 5.41) is 3.69. The van der Waals surface area contributed by atoms with Gasteiger partial charge in [-0.25, -0.2) is 0 Å². The molecule has 2 heteroatoms. The Morgan fingerprint density at radius 3 is 2.41 bits per heavy atom. The molecule has 1 aromatic carbocycles. The van der Waals surface area contributed by atoms with Gasteiger partial charge in [-0.3, -0.25) is 0 Å². The monoisotopic (exact) mass is 251 g/mol. The van der Waals surface area contributed by atoms with E-state index in [1.165, 1.54) is 24.2 Å². The highest BCUT2D eigenvalue weighted by atomic mass is 32.2. The summed E-state index contributed by atoms with van der Waals surface area (Å²) in [6.07, 6.45) is 4.76. The molecule has 0 spiro atoms. The zero-order valence-electron chi connectivity index (χ0n) is 11.3. The third kappa shape index (κ3) is 5.60. The van der Waals surface area contributed by atoms with E-state index in [2.05, 4.69) is 55.8 Å². The Labute approximate surface area is 110 Å². The highest BCUT2D eigenvalue weighted by Crippen LogP contribution is 2.21. The van der Waals surface area contributed by atoms with Crippen molar-refractivity contribution in [2.24, 2.45) is 5.92 Å². The second-order valence-corrected chi connectivity index (χ2v) is 5.77. The van der Waals surface area contributed by atoms with Crippen molar-refractivity contribution in [1.29, 1.82) is 0 Å². The fraction of sp³-hybridized carbons (Fsp3) is 0.600. The third-order valence-corrected chi connectivity index (χ3v) is 3.66. The van der Waals surface area contributed by atoms with Crippen LogP contribution in [0.4, 0.5) is 0 Å². The average molecular weight is 251 g/mol. The van der Waals surface area contributed by atoms with Gasteiger partial charge in [0.15, 0.2) is 0 Å². The third-order valence-electron chi connectivity index (χ3n) is 2.96. The van der Waals surface area contributed by atoms with Crippen molar-refractivity contribution in [2.45, 2.75) is 32.7 Å². The first kappa shape index (κ1) is 14.6. The summed E-state index contributed by atoms with van der Waals surface area (Å²) in [7, 11) is 0. The quantitative estimate of drug-likeness (QED) is 0.698. The van der Waals surface area contributed by atoms with Gasteiger partial charge < -0.3 is 5.32 Å². The van der Waals surface area contributed by atoms with Gasteiger partial charge in [-0.15, -0.1) is 0 Å². The first-order valence-electron chi connectivity index (χ1n) is 6.53. The number of hydrogen-bond donors (Lipinski definition) is 1. The van der Waals surface area contributed by atoms with Crippen molar-refractivity contribution >= 4 is 11.8 Å². The van der Waals surface area contributed by atoms with Crippen LogP contribution < -0.4 is 5.32 Å². The minimum absolute atomic E-state index is 0.491. The van der Waals surface area contributed by atoms with Crippen LogP contribution in [0, 0.1) is 5.92 Å². The second-order valence-electron chi connectivity index (χ2n) is 4.79. The maximum absolute atomic E-state index is 3.69. The number of rotatable bonds is 8. The summed E-state index contributed by atoms with van der Waals surface area (Å²) < 4.78 is 0. The lowest BCUT2D eigenvalue weighted by molar-refractivity contribution is 0.409. The van der Waals surface area contributed by atoms with Gasteiger partial charge in [-0.1, -0.05) is 44.2 Å². The Morgan fingerprint density at radius 1 is 1.12 bits per heavy atom. The summed E-state index contributed by atoms with van der Waals surface area (Å²) >= 11 is 1.94. The van der Waals surface area contributed by atoms with Crippen LogP contribution in [0.25, 0.3) is 0 Å². The topological polar surface area (TPSA) is 12.0 Å². The van der Waals surface area contributed by atoms with E-state index in [0.29, 0.717) is 12.0 Å². The van der Waals surface area contributed by atoms with Gasteiger partial charge in [0.25, 0.3) is 0 Å². The zero-order chi connectivity index (χ0) is 12.5. The summed E-state index contributed by atoms with van der Waals surface area (Å²) in [6.45, 7) is 5.69. The zero-order valence-corrected chi connectivity index (χ0v) is 12.1. The van der Waals surface area contributed by atoms with Crippen molar-refractivity contribution < 1.29 is 0 Å². The number of nitrogens with one attached hydrogen (secondary N) is 1. The molecule has 0 aliphatic heterocycles. The number of thioether (sulfide) groups is 1. The van der Waals surface area contributed by atoms with Crippen LogP contribution in [-0.4, -0.2) is 18.6 Å². The maximum atomic E-state index is 3.69. The van der Waals surface area contributed by atoms with Crippen molar-refractivity contribution in [1.82, 2.24) is 5.32 Å². The number of unbranched alkanes of at least 4 members (excludes halogenated alkanes) is 1. The molecule has 0 radical (unpaired) electrons. The fourth-order valence-electron chi connectivity index (χ4n) is 2.03. The first-order chi connectivity index (χ1) is 8.25. The van der Waals surface area contributed by atoms with Crippen LogP contribution in [0.3, 0.4) is 0 Å². The van der Waals surface area contributed by atoms with E-state index in [1.54, 1.807) is 0 Å². The molecule has 0 saturated carbocycles. The van der Waals surface area contributed by atoms with Crippen LogP contribution in [0.15, 0.2) is 30.3 Å². The van der Waals surface area contributed by atoms with Gasteiger partial charge in [-0.05, 0) is 42.9 Å². The van der Waals surface area contributed by atoms with Crippen LogP contribution >= 0.6 is 11.8 Å². The van der Waals surface area contributed by atoms with Gasteiger partial charge in [0, 0.05) is 6.04 Å². The van der Waals surface area contributed by atoms with Crippen molar-refractivity contribution in [2.75, 3.05) is 18.6 Å². The summed E-state index contributed by atoms with van der Waals surface area (Å²) in [4.78, 5) is 0. The molecular formula is C15H25NS. The Kier molecular flexibility index (Phi) is 7.38. The van der Waals surface area contributed by atoms with Crippen molar-refractivity contribution in [3.63, 3.8) is 0 Å². The maximum Gasteiger partial charge on any atom is 0.0343 e. The second kappa shape index (κ2) is 8.60. The molecule has 0 aliphatic carbocycles. The summed E-state index contributed by atoms with van der Waals surface area (Å²) in [5.74, 6) is 1.91. The molecule has 0 aromatic heterocycles. The Bertz CT molecular complexity index is 284. The van der Waals surface area contributed by atoms with Gasteiger partial charge in [0.1, 0.15) is 0 Å². The minimum atomic E-state index is 0.491. The molecule has 1 N–H and O–H groups in total. The van der Waals surface area contributed by atoms with E-state index >= 15 is 0 Å². The lowest BCUT2D eigenvalue weighted by Gasteiger charge is -2.23. The molecule has 0 heterocycles. The Morgan fingerprint density at radius 2 is 1.82 bits per heavy atom. The Hall–Kier alpha value is -0.470. The smallest absolute Gasteiger partial charge is 0.0343 e. The molecule has 1 nitrogen and oxygen atoms in total. The molecule has 0 aliphatic rings. The van der Waals surface area contributed by atoms with Crippen LogP contribution in [0.5, 0.6) is 0 Å². The molecule has 1 unspecified atom stereocenters. The highest BCUT2D eigenvalue weighted by Gasteiger charge is 2.13. The van der Waals surface area contributed by atoms with Gasteiger partial charge >= 0.3 is 0 Å². The van der Waals surface area contributed by atoms with E-state index in [9.17, 15) is 0 Å². The molecule has 0 amide bonds. The van der Waals surface area contributed by atoms with Gasteiger partial charge in [0.2, 0.25) is 0 Å². The molecule has 0 fully saturated rings. The summed E-state index contributed by atoms with van der Waals surface area (Å²) in [6, 6.07) is 11.3. The van der Waals surface area contributed by atoms with E-state index in [4.69, 9.17) is 0 Å². The SMILES string of the molecule is CSCCCCNC(c1ccccc1)C(C)C. The van der Waals surface area contributed by atoms with E-state index in [0.717, 1.165) is 6.54 Å². The minimum Gasteiger partial charge on any atom is -0.310 e. The standard InChI is InChI=1S/C15H25NS/c1-13(2)15(14-9-5-4-6-10-14)16-11-7-8-12-17-3/h4-6,9-10,13,15-16H,7-8,11-12H2,1-3H3. The van der Waals surface area contributed by atoms with E-state index in [-0.39, 0.29) is 0 Å². The molecule has 96 valence electrons. The van der Waals surface area contributed by atoms with Crippen LogP contribution in [0.1, 0.15) is 38.3 Å². The number of benzene rings is 1. The predicted octanol–water partition coefficient (Wildman–Crippen LogP) is 4.12. The lowest BCUT2D eigenvalue weighted by atomic mass is 9.96. The molecule has 1 rings (SSSR count). The van der Waals surface area contributed by atoms with Gasteiger partial charge in [0.05, 0.1) is 0 Å². The van der Waals surface area contributed by atoms with Crippen LogP contribution in [-0.2, 0) is 0 Å². The average Bonchev–Trinajstić information content (AvgIpc) is 2.34. The van der Waals surface area contributed by atoms with Gasteiger partial charge in [-0.2, -0.15) is 11.8 Å². The van der Waals surface area contributed by atoms with E-state index in [1.807, 2.05) is 11.8 Å². The first-order valence-corrected chi connectivity index (χ1v) is 7.92. The lowest BCUT2D eigenvalue weighted by Crippen LogP contribution is -2.26. The Balaban J connectivity index is 2.40. The molecule has 17 heavy (non-hydrogen) atoms. The molecule has 0 saturated heterocycles.